The van der Waals surface area contributed by atoms with Gasteiger partial charge >= 0.3 is 7.12 Å². The molecule has 10 heteroatoms. The molecule has 0 bridgehead atoms. The van der Waals surface area contributed by atoms with E-state index in [1.807, 2.05) is 0 Å². The summed E-state index contributed by atoms with van der Waals surface area (Å²) in [6.45, 7) is 0. The van der Waals surface area contributed by atoms with Gasteiger partial charge in [-0.05, 0) is 35.8 Å². The van der Waals surface area contributed by atoms with Gasteiger partial charge in [0.05, 0.1) is 4.92 Å². The van der Waals surface area contributed by atoms with Gasteiger partial charge in [0.2, 0.25) is 0 Å². The van der Waals surface area contributed by atoms with Crippen molar-refractivity contribution in [2.24, 2.45) is 0 Å². The fraction of sp³-hybridized carbons (Fsp3) is 0. The van der Waals surface area contributed by atoms with E-state index in [1.54, 1.807) is 0 Å². The van der Waals surface area contributed by atoms with Crippen LogP contribution in [0.25, 0.3) is 0 Å². The Balaban J connectivity index is 2.35. The van der Waals surface area contributed by atoms with Gasteiger partial charge in [0, 0.05) is 16.7 Å². The zero-order valence-corrected chi connectivity index (χ0v) is 12.1. The number of halogens is 2. The van der Waals surface area contributed by atoms with Gasteiger partial charge in [-0.25, -0.2) is 4.39 Å². The van der Waals surface area contributed by atoms with E-state index in [-0.39, 0.29) is 21.7 Å². The lowest BCUT2D eigenvalue weighted by molar-refractivity contribution is -0.383. The molecule has 0 unspecified atom stereocenters. The van der Waals surface area contributed by atoms with Crippen molar-refractivity contribution in [1.82, 2.24) is 0 Å². The molecule has 2 aromatic rings. The molecule has 23 heavy (non-hydrogen) atoms. The highest BCUT2D eigenvalue weighted by atomic mass is 35.5. The number of benzene rings is 2. The lowest BCUT2D eigenvalue weighted by atomic mass is 9.79. The summed E-state index contributed by atoms with van der Waals surface area (Å²) in [6, 6.07) is 6.42. The smallest absolute Gasteiger partial charge is 0.423 e. The third kappa shape index (κ3) is 4.04. The zero-order chi connectivity index (χ0) is 17.1. The highest BCUT2D eigenvalue weighted by Crippen LogP contribution is 2.28. The molecule has 7 nitrogen and oxygen atoms in total. The van der Waals surface area contributed by atoms with Gasteiger partial charge in [-0.15, -0.1) is 0 Å². The third-order valence-corrected chi connectivity index (χ3v) is 3.12. The van der Waals surface area contributed by atoms with Crippen LogP contribution < -0.4 is 10.8 Å². The number of carbonyl (C=O) groups excluding carboxylic acids is 1. The van der Waals surface area contributed by atoms with Crippen molar-refractivity contribution in [2.75, 3.05) is 5.32 Å². The number of nitrogens with zero attached hydrogens (tertiary/aromatic N) is 1. The van der Waals surface area contributed by atoms with Crippen LogP contribution in [0.3, 0.4) is 0 Å². The molecule has 0 radical (unpaired) electrons. The number of anilines is 1. The molecular formula is C13H9BClFN2O5. The maximum atomic E-state index is 13.4. The molecule has 1 amide bonds. The number of hydrogen-bond donors (Lipinski definition) is 3. The maximum absolute atomic E-state index is 13.4. The summed E-state index contributed by atoms with van der Waals surface area (Å²) in [5.74, 6) is -1.71. The Morgan fingerprint density at radius 3 is 2.57 bits per heavy atom. The predicted molar refractivity (Wildman–Crippen MR) is 82.3 cm³/mol. The molecule has 0 fully saturated rings. The van der Waals surface area contributed by atoms with Crippen molar-refractivity contribution in [2.45, 2.75) is 0 Å². The first-order valence-corrected chi connectivity index (χ1v) is 6.57. The first-order valence-electron chi connectivity index (χ1n) is 6.20. The van der Waals surface area contributed by atoms with E-state index >= 15 is 0 Å². The normalized spacial score (nSPS) is 10.3. The van der Waals surface area contributed by atoms with E-state index in [0.29, 0.717) is 0 Å². The van der Waals surface area contributed by atoms with Crippen molar-refractivity contribution in [3.05, 3.63) is 62.9 Å². The van der Waals surface area contributed by atoms with E-state index in [1.165, 1.54) is 12.1 Å². The molecule has 0 aliphatic carbocycles. The molecule has 0 heterocycles. The number of nitro benzene ring substituents is 1. The standard InChI is InChI=1S/C13H9BClFN2O5/c15-9-1-2-11(12(6-9)18(22)23)17-13(19)7-3-8(14(20)21)5-10(16)4-7/h1-6,20-21H,(H,17,19). The molecule has 0 spiro atoms. The van der Waals surface area contributed by atoms with Crippen molar-refractivity contribution in [1.29, 1.82) is 0 Å². The summed E-state index contributed by atoms with van der Waals surface area (Å²) < 4.78 is 13.4. The summed E-state index contributed by atoms with van der Waals surface area (Å²) in [5.41, 5.74) is -0.998. The second kappa shape index (κ2) is 6.74. The largest absolute Gasteiger partial charge is 0.488 e. The van der Waals surface area contributed by atoms with Crippen molar-refractivity contribution < 1.29 is 24.2 Å². The molecule has 0 atom stereocenters. The van der Waals surface area contributed by atoms with Crippen LogP contribution in [-0.2, 0) is 0 Å². The summed E-state index contributed by atoms with van der Waals surface area (Å²) in [5, 5.41) is 31.4. The predicted octanol–water partition coefficient (Wildman–Crippen LogP) is 1.32. The average molecular weight is 338 g/mol. The fourth-order valence-corrected chi connectivity index (χ4v) is 2.01. The van der Waals surface area contributed by atoms with Gasteiger partial charge in [-0.3, -0.25) is 14.9 Å². The highest BCUT2D eigenvalue weighted by Gasteiger charge is 2.20. The van der Waals surface area contributed by atoms with E-state index in [4.69, 9.17) is 21.6 Å². The van der Waals surface area contributed by atoms with Gasteiger partial charge in [-0.1, -0.05) is 11.6 Å². The third-order valence-electron chi connectivity index (χ3n) is 2.89. The minimum absolute atomic E-state index is 0.117. The number of hydrogen-bond acceptors (Lipinski definition) is 5. The number of nitro groups is 1. The maximum Gasteiger partial charge on any atom is 0.488 e. The lowest BCUT2D eigenvalue weighted by Gasteiger charge is -2.08. The molecular weight excluding hydrogens is 329 g/mol. The van der Waals surface area contributed by atoms with Crippen LogP contribution in [0.15, 0.2) is 36.4 Å². The zero-order valence-electron chi connectivity index (χ0n) is 11.4. The van der Waals surface area contributed by atoms with Crippen LogP contribution in [0, 0.1) is 15.9 Å². The van der Waals surface area contributed by atoms with E-state index in [2.05, 4.69) is 5.32 Å². The Kier molecular flexibility index (Phi) is 4.94. The minimum atomic E-state index is -1.96. The number of amides is 1. The lowest BCUT2D eigenvalue weighted by Crippen LogP contribution is -2.31. The van der Waals surface area contributed by atoms with Gasteiger partial charge in [-0.2, -0.15) is 0 Å². The van der Waals surface area contributed by atoms with Crippen LogP contribution in [0.5, 0.6) is 0 Å². The topological polar surface area (TPSA) is 113 Å². The molecule has 118 valence electrons. The molecule has 0 aliphatic rings. The molecule has 2 rings (SSSR count). The number of rotatable bonds is 4. The number of nitrogens with one attached hydrogen (secondary N) is 1. The van der Waals surface area contributed by atoms with E-state index in [9.17, 15) is 19.3 Å². The Bertz CT molecular complexity index is 787. The monoisotopic (exact) mass is 338 g/mol. The van der Waals surface area contributed by atoms with Gasteiger partial charge < -0.3 is 15.4 Å². The quantitative estimate of drug-likeness (QED) is 0.442. The highest BCUT2D eigenvalue weighted by molar-refractivity contribution is 6.58. The molecule has 2 aromatic carbocycles. The van der Waals surface area contributed by atoms with E-state index < -0.39 is 29.5 Å². The second-order valence-corrected chi connectivity index (χ2v) is 4.96. The van der Waals surface area contributed by atoms with Crippen molar-refractivity contribution >= 4 is 41.5 Å². The van der Waals surface area contributed by atoms with E-state index in [0.717, 1.165) is 24.3 Å². The Hall–Kier alpha value is -2.49. The van der Waals surface area contributed by atoms with Gasteiger partial charge in [0.25, 0.3) is 11.6 Å². The summed E-state index contributed by atoms with van der Waals surface area (Å²) in [4.78, 5) is 22.3. The summed E-state index contributed by atoms with van der Waals surface area (Å²) in [6.07, 6.45) is 0. The molecule has 0 saturated heterocycles. The summed E-state index contributed by atoms with van der Waals surface area (Å²) >= 11 is 5.67. The molecule has 3 N–H and O–H groups in total. The fourth-order valence-electron chi connectivity index (χ4n) is 1.85. The Morgan fingerprint density at radius 1 is 1.26 bits per heavy atom. The van der Waals surface area contributed by atoms with Gasteiger partial charge in [0.15, 0.2) is 0 Å². The Morgan fingerprint density at radius 2 is 1.96 bits per heavy atom. The average Bonchev–Trinajstić information content (AvgIpc) is 2.48. The van der Waals surface area contributed by atoms with Crippen LogP contribution in [-0.4, -0.2) is 28.0 Å². The van der Waals surface area contributed by atoms with Crippen LogP contribution in [0.1, 0.15) is 10.4 Å². The van der Waals surface area contributed by atoms with Crippen LogP contribution in [0.4, 0.5) is 15.8 Å². The summed E-state index contributed by atoms with van der Waals surface area (Å²) in [7, 11) is -1.96. The molecule has 0 aromatic heterocycles. The second-order valence-electron chi connectivity index (χ2n) is 4.52. The minimum Gasteiger partial charge on any atom is -0.423 e. The first kappa shape index (κ1) is 16.9. The first-order chi connectivity index (χ1) is 10.8. The molecule has 0 aliphatic heterocycles. The SMILES string of the molecule is O=C(Nc1ccc(Cl)cc1[N+](=O)[O-])c1cc(F)cc(B(O)O)c1. The van der Waals surface area contributed by atoms with Crippen LogP contribution in [0.2, 0.25) is 5.02 Å². The van der Waals surface area contributed by atoms with Crippen molar-refractivity contribution in [3.63, 3.8) is 0 Å². The van der Waals surface area contributed by atoms with Crippen molar-refractivity contribution in [3.8, 4) is 0 Å². The number of carbonyl (C=O) groups is 1. The molecule has 0 saturated carbocycles. The Labute approximate surface area is 134 Å². The van der Waals surface area contributed by atoms with Gasteiger partial charge in [0.1, 0.15) is 11.5 Å². The van der Waals surface area contributed by atoms with Crippen LogP contribution >= 0.6 is 11.6 Å².